The van der Waals surface area contributed by atoms with Gasteiger partial charge in [-0.05, 0) is 49.4 Å². The summed E-state index contributed by atoms with van der Waals surface area (Å²) in [5.41, 5.74) is 3.00. The van der Waals surface area contributed by atoms with Crippen molar-refractivity contribution in [2.24, 2.45) is 0 Å². The standard InChI is InChI=1S/C24H22N4O3S2/c1-3-11-28-22(16-5-8-19(9-6-16)29-4-2)26-27-24(28)33-14-18-13-32-23(25-18)17-7-10-20-21(12-17)31-15-30-20/h3,5-10,12-13H,1,4,11,14-15H2,2H3. The summed E-state index contributed by atoms with van der Waals surface area (Å²) >= 11 is 3.23. The average Bonchev–Trinajstić information content (AvgIpc) is 3.58. The Morgan fingerprint density at radius 1 is 1.12 bits per heavy atom. The van der Waals surface area contributed by atoms with Crippen LogP contribution in [0.25, 0.3) is 22.0 Å². The number of aromatic nitrogens is 4. The van der Waals surface area contributed by atoms with Crippen molar-refractivity contribution in [3.8, 4) is 39.2 Å². The Balaban J connectivity index is 1.31. The van der Waals surface area contributed by atoms with Gasteiger partial charge in [0.25, 0.3) is 0 Å². The van der Waals surface area contributed by atoms with Crippen LogP contribution >= 0.6 is 23.1 Å². The predicted molar refractivity (Wildman–Crippen MR) is 130 cm³/mol. The molecule has 0 unspecified atom stereocenters. The van der Waals surface area contributed by atoms with Crippen LogP contribution < -0.4 is 14.2 Å². The smallest absolute Gasteiger partial charge is 0.231 e. The van der Waals surface area contributed by atoms with Crippen molar-refractivity contribution in [2.45, 2.75) is 24.4 Å². The number of rotatable bonds is 9. The fourth-order valence-electron chi connectivity index (χ4n) is 3.44. The van der Waals surface area contributed by atoms with Gasteiger partial charge in [-0.1, -0.05) is 17.8 Å². The van der Waals surface area contributed by atoms with Gasteiger partial charge in [0.05, 0.1) is 12.3 Å². The molecule has 168 valence electrons. The van der Waals surface area contributed by atoms with Crippen molar-refractivity contribution in [1.82, 2.24) is 19.7 Å². The molecule has 0 aliphatic carbocycles. The molecule has 7 nitrogen and oxygen atoms in total. The second kappa shape index (κ2) is 9.68. The molecular weight excluding hydrogens is 456 g/mol. The number of thiazole rings is 1. The van der Waals surface area contributed by atoms with Gasteiger partial charge in [-0.25, -0.2) is 4.98 Å². The highest BCUT2D eigenvalue weighted by Crippen LogP contribution is 2.37. The molecule has 2 aromatic heterocycles. The first-order chi connectivity index (χ1) is 16.2. The zero-order valence-corrected chi connectivity index (χ0v) is 19.7. The molecule has 4 aromatic rings. The summed E-state index contributed by atoms with van der Waals surface area (Å²) in [6, 6.07) is 13.8. The molecular formula is C24H22N4O3S2. The third-order valence-corrected chi connectivity index (χ3v) is 6.91. The zero-order valence-electron chi connectivity index (χ0n) is 18.1. The summed E-state index contributed by atoms with van der Waals surface area (Å²) in [6.07, 6.45) is 1.85. The third kappa shape index (κ3) is 4.60. The molecule has 0 fully saturated rings. The molecule has 0 amide bonds. The highest BCUT2D eigenvalue weighted by Gasteiger charge is 2.17. The predicted octanol–water partition coefficient (Wildman–Crippen LogP) is 5.67. The SMILES string of the molecule is C=CCn1c(SCc2csc(-c3ccc4c(c3)OCO4)n2)nnc1-c1ccc(OCC)cc1. The monoisotopic (exact) mass is 478 g/mol. The lowest BCUT2D eigenvalue weighted by molar-refractivity contribution is 0.174. The van der Waals surface area contributed by atoms with Crippen LogP contribution in [-0.2, 0) is 12.3 Å². The molecule has 1 aliphatic heterocycles. The molecule has 0 atom stereocenters. The summed E-state index contributed by atoms with van der Waals surface area (Å²) in [5.74, 6) is 3.88. The van der Waals surface area contributed by atoms with E-state index in [4.69, 9.17) is 19.2 Å². The summed E-state index contributed by atoms with van der Waals surface area (Å²) < 4.78 is 18.5. The summed E-state index contributed by atoms with van der Waals surface area (Å²) in [4.78, 5) is 4.80. The van der Waals surface area contributed by atoms with Crippen molar-refractivity contribution >= 4 is 23.1 Å². The molecule has 5 rings (SSSR count). The lowest BCUT2D eigenvalue weighted by Crippen LogP contribution is -2.01. The van der Waals surface area contributed by atoms with E-state index in [9.17, 15) is 0 Å². The van der Waals surface area contributed by atoms with Crippen LogP contribution in [0.15, 0.2) is 65.7 Å². The number of benzene rings is 2. The maximum absolute atomic E-state index is 5.54. The van der Waals surface area contributed by atoms with E-state index >= 15 is 0 Å². The topological polar surface area (TPSA) is 71.3 Å². The van der Waals surface area contributed by atoms with E-state index in [-0.39, 0.29) is 6.79 Å². The Bertz CT molecular complexity index is 1270. The number of allylic oxidation sites excluding steroid dienone is 1. The van der Waals surface area contributed by atoms with E-state index in [1.165, 1.54) is 0 Å². The van der Waals surface area contributed by atoms with Gasteiger partial charge >= 0.3 is 0 Å². The minimum atomic E-state index is 0.266. The molecule has 0 spiro atoms. The Morgan fingerprint density at radius 2 is 1.94 bits per heavy atom. The quantitative estimate of drug-likeness (QED) is 0.227. The van der Waals surface area contributed by atoms with E-state index in [1.807, 2.05) is 55.5 Å². The second-order valence-corrected chi connectivity index (χ2v) is 8.96. The fourth-order valence-corrected chi connectivity index (χ4v) is 5.21. The van der Waals surface area contributed by atoms with E-state index in [2.05, 4.69) is 26.7 Å². The first kappa shape index (κ1) is 21.5. The lowest BCUT2D eigenvalue weighted by atomic mass is 10.2. The first-order valence-electron chi connectivity index (χ1n) is 10.5. The van der Waals surface area contributed by atoms with Crippen LogP contribution in [0.3, 0.4) is 0 Å². The van der Waals surface area contributed by atoms with E-state index in [0.29, 0.717) is 18.9 Å². The van der Waals surface area contributed by atoms with Gasteiger partial charge in [-0.15, -0.1) is 28.1 Å². The van der Waals surface area contributed by atoms with E-state index < -0.39 is 0 Å². The maximum atomic E-state index is 5.54. The fraction of sp³-hybridized carbons (Fsp3) is 0.208. The molecule has 9 heteroatoms. The Labute approximate surface area is 200 Å². The molecule has 0 radical (unpaired) electrons. The number of nitrogens with zero attached hydrogens (tertiary/aromatic N) is 4. The summed E-state index contributed by atoms with van der Waals surface area (Å²) in [7, 11) is 0. The minimum absolute atomic E-state index is 0.266. The third-order valence-electron chi connectivity index (χ3n) is 4.97. The van der Waals surface area contributed by atoms with Crippen molar-refractivity contribution in [3.05, 3.63) is 66.2 Å². The number of ether oxygens (including phenoxy) is 3. The van der Waals surface area contributed by atoms with Gasteiger partial charge in [0, 0.05) is 28.8 Å². The Morgan fingerprint density at radius 3 is 2.76 bits per heavy atom. The minimum Gasteiger partial charge on any atom is -0.494 e. The second-order valence-electron chi connectivity index (χ2n) is 7.16. The van der Waals surface area contributed by atoms with E-state index in [0.717, 1.165) is 50.1 Å². The molecule has 0 saturated heterocycles. The van der Waals surface area contributed by atoms with Gasteiger partial charge < -0.3 is 14.2 Å². The summed E-state index contributed by atoms with van der Waals surface area (Å²) in [5, 5.41) is 12.7. The molecule has 1 aliphatic rings. The molecule has 0 bridgehead atoms. The van der Waals surface area contributed by atoms with Crippen LogP contribution in [0.4, 0.5) is 0 Å². The number of fused-ring (bicyclic) bond motifs is 1. The Kier molecular flexibility index (Phi) is 6.32. The molecule has 33 heavy (non-hydrogen) atoms. The van der Waals surface area contributed by atoms with Crippen LogP contribution in [0.2, 0.25) is 0 Å². The van der Waals surface area contributed by atoms with Gasteiger partial charge in [0.2, 0.25) is 6.79 Å². The van der Waals surface area contributed by atoms with Crippen molar-refractivity contribution in [1.29, 1.82) is 0 Å². The lowest BCUT2D eigenvalue weighted by Gasteiger charge is -2.08. The molecule has 0 N–H and O–H groups in total. The normalized spacial score (nSPS) is 12.2. The van der Waals surface area contributed by atoms with Crippen molar-refractivity contribution in [3.63, 3.8) is 0 Å². The number of hydrogen-bond acceptors (Lipinski definition) is 8. The molecule has 0 saturated carbocycles. The number of hydrogen-bond donors (Lipinski definition) is 0. The van der Waals surface area contributed by atoms with Crippen LogP contribution in [0.1, 0.15) is 12.6 Å². The van der Waals surface area contributed by atoms with Gasteiger partial charge in [0.15, 0.2) is 22.5 Å². The Hall–Kier alpha value is -3.30. The van der Waals surface area contributed by atoms with Gasteiger partial charge in [-0.2, -0.15) is 0 Å². The highest BCUT2D eigenvalue weighted by molar-refractivity contribution is 7.98. The van der Waals surface area contributed by atoms with Gasteiger partial charge in [-0.3, -0.25) is 4.57 Å². The van der Waals surface area contributed by atoms with Crippen molar-refractivity contribution < 1.29 is 14.2 Å². The van der Waals surface area contributed by atoms with Crippen molar-refractivity contribution in [2.75, 3.05) is 13.4 Å². The van der Waals surface area contributed by atoms with Crippen LogP contribution in [-0.4, -0.2) is 33.1 Å². The van der Waals surface area contributed by atoms with Crippen LogP contribution in [0, 0.1) is 0 Å². The van der Waals surface area contributed by atoms with E-state index in [1.54, 1.807) is 23.1 Å². The largest absolute Gasteiger partial charge is 0.494 e. The zero-order chi connectivity index (χ0) is 22.6. The van der Waals surface area contributed by atoms with Gasteiger partial charge in [0.1, 0.15) is 10.8 Å². The highest BCUT2D eigenvalue weighted by atomic mass is 32.2. The maximum Gasteiger partial charge on any atom is 0.231 e. The average molecular weight is 479 g/mol. The molecule has 2 aromatic carbocycles. The summed E-state index contributed by atoms with van der Waals surface area (Å²) in [6.45, 7) is 7.39. The van der Waals surface area contributed by atoms with Crippen LogP contribution in [0.5, 0.6) is 17.2 Å². The molecule has 3 heterocycles. The number of thioether (sulfide) groups is 1. The first-order valence-corrected chi connectivity index (χ1v) is 12.4.